The van der Waals surface area contributed by atoms with Crippen molar-refractivity contribution < 1.29 is 13.5 Å². The van der Waals surface area contributed by atoms with Crippen molar-refractivity contribution >= 4 is 11.8 Å². The molecule has 0 amide bonds. The first-order valence-corrected chi connectivity index (χ1v) is 7.17. The Kier molecular flexibility index (Phi) is 5.38. The molecule has 106 valence electrons. The lowest BCUT2D eigenvalue weighted by molar-refractivity contribution is 0.343. The van der Waals surface area contributed by atoms with E-state index in [0.717, 1.165) is 17.4 Å². The normalized spacial score (nSPS) is 10.6. The molecule has 5 heteroatoms. The van der Waals surface area contributed by atoms with Gasteiger partial charge in [0.25, 0.3) is 0 Å². The van der Waals surface area contributed by atoms with Gasteiger partial charge in [0.15, 0.2) is 0 Å². The molecular weight excluding hydrogens is 280 g/mol. The van der Waals surface area contributed by atoms with Gasteiger partial charge >= 0.3 is 0 Å². The standard InChI is InChI=1S/C15H15F2NOS/c16-12-4-5-15(14(17)9-12)20-7-6-19-13-3-1-2-11(8-13)10-18/h1-5,8-9H,6-7,10,18H2. The summed E-state index contributed by atoms with van der Waals surface area (Å²) in [5.41, 5.74) is 6.55. The van der Waals surface area contributed by atoms with Crippen molar-refractivity contribution in [3.05, 3.63) is 59.7 Å². The quantitative estimate of drug-likeness (QED) is 0.653. The van der Waals surface area contributed by atoms with Gasteiger partial charge in [-0.05, 0) is 29.8 Å². The van der Waals surface area contributed by atoms with Gasteiger partial charge in [-0.2, -0.15) is 0 Å². The Balaban J connectivity index is 1.81. The van der Waals surface area contributed by atoms with Gasteiger partial charge in [-0.15, -0.1) is 11.8 Å². The lowest BCUT2D eigenvalue weighted by Gasteiger charge is -2.07. The Hall–Kier alpha value is -1.59. The van der Waals surface area contributed by atoms with E-state index >= 15 is 0 Å². The summed E-state index contributed by atoms with van der Waals surface area (Å²) >= 11 is 1.29. The van der Waals surface area contributed by atoms with Crippen LogP contribution in [0.25, 0.3) is 0 Å². The molecule has 0 saturated carbocycles. The number of benzene rings is 2. The third-order valence-corrected chi connectivity index (χ3v) is 3.65. The summed E-state index contributed by atoms with van der Waals surface area (Å²) in [6.45, 7) is 0.905. The lowest BCUT2D eigenvalue weighted by atomic mass is 10.2. The largest absolute Gasteiger partial charge is 0.493 e. The second-order valence-corrected chi connectivity index (χ2v) is 5.26. The van der Waals surface area contributed by atoms with Gasteiger partial charge in [0.1, 0.15) is 17.4 Å². The topological polar surface area (TPSA) is 35.2 Å². The third-order valence-electron chi connectivity index (χ3n) is 2.64. The zero-order valence-corrected chi connectivity index (χ0v) is 11.6. The summed E-state index contributed by atoms with van der Waals surface area (Å²) in [6, 6.07) is 11.1. The molecule has 0 aliphatic rings. The van der Waals surface area contributed by atoms with Crippen LogP contribution in [0.4, 0.5) is 8.78 Å². The monoisotopic (exact) mass is 295 g/mol. The van der Waals surface area contributed by atoms with Gasteiger partial charge in [-0.25, -0.2) is 8.78 Å². The maximum atomic E-state index is 13.4. The molecule has 2 N–H and O–H groups in total. The summed E-state index contributed by atoms with van der Waals surface area (Å²) in [7, 11) is 0. The highest BCUT2D eigenvalue weighted by atomic mass is 32.2. The first-order chi connectivity index (χ1) is 9.69. The minimum atomic E-state index is -0.568. The van der Waals surface area contributed by atoms with Crippen LogP contribution in [0.15, 0.2) is 47.4 Å². The van der Waals surface area contributed by atoms with Crippen molar-refractivity contribution in [1.29, 1.82) is 0 Å². The fraction of sp³-hybridized carbons (Fsp3) is 0.200. The zero-order chi connectivity index (χ0) is 14.4. The van der Waals surface area contributed by atoms with Crippen molar-refractivity contribution in [2.75, 3.05) is 12.4 Å². The predicted octanol–water partition coefficient (Wildman–Crippen LogP) is 3.59. The number of ether oxygens (including phenoxy) is 1. The molecule has 2 rings (SSSR count). The third kappa shape index (κ3) is 4.21. The highest BCUT2D eigenvalue weighted by molar-refractivity contribution is 7.99. The van der Waals surface area contributed by atoms with Gasteiger partial charge in [0.05, 0.1) is 6.61 Å². The first kappa shape index (κ1) is 14.8. The van der Waals surface area contributed by atoms with E-state index in [0.29, 0.717) is 23.8 Å². The number of rotatable bonds is 6. The van der Waals surface area contributed by atoms with Gasteiger partial charge < -0.3 is 10.5 Å². The van der Waals surface area contributed by atoms with Crippen LogP contribution in [-0.2, 0) is 6.54 Å². The maximum absolute atomic E-state index is 13.4. The minimum Gasteiger partial charge on any atom is -0.493 e. The van der Waals surface area contributed by atoms with Crippen LogP contribution < -0.4 is 10.5 Å². The predicted molar refractivity (Wildman–Crippen MR) is 76.9 cm³/mol. The molecule has 20 heavy (non-hydrogen) atoms. The summed E-state index contributed by atoms with van der Waals surface area (Å²) < 4.78 is 31.7. The summed E-state index contributed by atoms with van der Waals surface area (Å²) in [5, 5.41) is 0. The van der Waals surface area contributed by atoms with Gasteiger partial charge in [0.2, 0.25) is 0 Å². The molecule has 2 aromatic rings. The molecule has 0 bridgehead atoms. The molecule has 0 atom stereocenters. The molecule has 2 nitrogen and oxygen atoms in total. The molecule has 2 aromatic carbocycles. The second kappa shape index (κ2) is 7.26. The number of nitrogens with two attached hydrogens (primary N) is 1. The van der Waals surface area contributed by atoms with Gasteiger partial charge in [-0.3, -0.25) is 0 Å². The van der Waals surface area contributed by atoms with E-state index in [1.54, 1.807) is 0 Å². The van der Waals surface area contributed by atoms with Crippen molar-refractivity contribution in [3.8, 4) is 5.75 Å². The molecule has 0 fully saturated rings. The van der Waals surface area contributed by atoms with E-state index in [1.165, 1.54) is 23.9 Å². The number of halogens is 2. The fourth-order valence-corrected chi connectivity index (χ4v) is 2.41. The first-order valence-electron chi connectivity index (χ1n) is 6.18. The molecule has 0 heterocycles. The van der Waals surface area contributed by atoms with Crippen molar-refractivity contribution in [1.82, 2.24) is 0 Å². The van der Waals surface area contributed by atoms with Gasteiger partial charge in [-0.1, -0.05) is 12.1 Å². The fourth-order valence-electron chi connectivity index (χ4n) is 1.67. The van der Waals surface area contributed by atoms with E-state index in [2.05, 4.69) is 0 Å². The molecule has 0 saturated heterocycles. The number of hydrogen-bond acceptors (Lipinski definition) is 3. The van der Waals surface area contributed by atoms with Gasteiger partial charge in [0, 0.05) is 23.3 Å². The zero-order valence-electron chi connectivity index (χ0n) is 10.8. The van der Waals surface area contributed by atoms with Crippen LogP contribution in [0.3, 0.4) is 0 Å². The van der Waals surface area contributed by atoms with E-state index in [1.807, 2.05) is 24.3 Å². The van der Waals surface area contributed by atoms with Crippen LogP contribution in [0.5, 0.6) is 5.75 Å². The van der Waals surface area contributed by atoms with Crippen LogP contribution in [0, 0.1) is 11.6 Å². The Labute approximate surface area is 120 Å². The number of thioether (sulfide) groups is 1. The Bertz CT molecular complexity index is 578. The average Bonchev–Trinajstić information content (AvgIpc) is 2.45. The lowest BCUT2D eigenvalue weighted by Crippen LogP contribution is -2.02. The van der Waals surface area contributed by atoms with E-state index in [9.17, 15) is 8.78 Å². The van der Waals surface area contributed by atoms with E-state index in [4.69, 9.17) is 10.5 Å². The van der Waals surface area contributed by atoms with Crippen molar-refractivity contribution in [2.24, 2.45) is 5.73 Å². The second-order valence-electron chi connectivity index (χ2n) is 4.12. The highest BCUT2D eigenvalue weighted by Gasteiger charge is 2.04. The van der Waals surface area contributed by atoms with Crippen LogP contribution in [0.1, 0.15) is 5.56 Å². The molecule has 0 aliphatic heterocycles. The molecule has 0 unspecified atom stereocenters. The van der Waals surface area contributed by atoms with Crippen molar-refractivity contribution in [2.45, 2.75) is 11.4 Å². The van der Waals surface area contributed by atoms with E-state index in [-0.39, 0.29) is 0 Å². The molecule has 0 aromatic heterocycles. The highest BCUT2D eigenvalue weighted by Crippen LogP contribution is 2.22. The maximum Gasteiger partial charge on any atom is 0.139 e. The van der Waals surface area contributed by atoms with Crippen LogP contribution in [0.2, 0.25) is 0 Å². The molecule has 0 radical (unpaired) electrons. The van der Waals surface area contributed by atoms with E-state index < -0.39 is 11.6 Å². The molecular formula is C15H15F2NOS. The summed E-state index contributed by atoms with van der Waals surface area (Å²) in [6.07, 6.45) is 0. The number of hydrogen-bond donors (Lipinski definition) is 1. The average molecular weight is 295 g/mol. The van der Waals surface area contributed by atoms with Crippen LogP contribution in [-0.4, -0.2) is 12.4 Å². The summed E-state index contributed by atoms with van der Waals surface area (Å²) in [5.74, 6) is 0.213. The Morgan fingerprint density at radius 2 is 1.95 bits per heavy atom. The molecule has 0 spiro atoms. The smallest absolute Gasteiger partial charge is 0.139 e. The summed E-state index contributed by atoms with van der Waals surface area (Å²) in [4.78, 5) is 0.422. The van der Waals surface area contributed by atoms with Crippen molar-refractivity contribution in [3.63, 3.8) is 0 Å². The van der Waals surface area contributed by atoms with Crippen LogP contribution >= 0.6 is 11.8 Å². The Morgan fingerprint density at radius 3 is 2.70 bits per heavy atom. The SMILES string of the molecule is NCc1cccc(OCCSc2ccc(F)cc2F)c1. The molecule has 0 aliphatic carbocycles. The Morgan fingerprint density at radius 1 is 1.10 bits per heavy atom. The minimum absolute atomic E-state index is 0.422.